The zero-order valence-corrected chi connectivity index (χ0v) is 8.64. The molecule has 1 N–H and O–H groups in total. The Labute approximate surface area is 88.0 Å². The summed E-state index contributed by atoms with van der Waals surface area (Å²) in [6.07, 6.45) is 5.77. The summed E-state index contributed by atoms with van der Waals surface area (Å²) in [5.74, 6) is -0.657. The monoisotopic (exact) mass is 210 g/mol. The molecule has 0 aromatic carbocycles. The summed E-state index contributed by atoms with van der Waals surface area (Å²) < 4.78 is 0. The molecule has 6 nitrogen and oxygen atoms in total. The number of unbranched alkanes of at least 4 members (excludes halogenated alkanes) is 2. The largest absolute Gasteiger partial charge is 0.289 e. The second-order valence-corrected chi connectivity index (χ2v) is 2.85. The Morgan fingerprint density at radius 2 is 1.93 bits per heavy atom. The fraction of sp³-hybridized carbons (Fsp3) is 0.556. The highest BCUT2D eigenvalue weighted by Crippen LogP contribution is 1.92. The van der Waals surface area contributed by atoms with Crippen LogP contribution in [0.1, 0.15) is 26.2 Å². The van der Waals surface area contributed by atoms with Gasteiger partial charge in [-0.2, -0.15) is 0 Å². The van der Waals surface area contributed by atoms with Gasteiger partial charge in [0.15, 0.2) is 0 Å². The molecule has 0 saturated carbocycles. The molecule has 0 atom stereocenters. The van der Waals surface area contributed by atoms with E-state index < -0.39 is 0 Å². The van der Waals surface area contributed by atoms with Crippen molar-refractivity contribution in [2.24, 2.45) is 5.11 Å². The van der Waals surface area contributed by atoms with Gasteiger partial charge in [-0.1, -0.05) is 24.9 Å². The van der Waals surface area contributed by atoms with E-state index in [0.29, 0.717) is 6.54 Å². The van der Waals surface area contributed by atoms with Crippen molar-refractivity contribution in [3.05, 3.63) is 22.6 Å². The zero-order valence-electron chi connectivity index (χ0n) is 8.64. The van der Waals surface area contributed by atoms with Crippen LogP contribution in [-0.4, -0.2) is 18.4 Å². The number of azide groups is 1. The molecule has 1 aliphatic heterocycles. The van der Waals surface area contributed by atoms with Crippen LogP contribution in [0.2, 0.25) is 0 Å². The average Bonchev–Trinajstić information content (AvgIpc) is 2.58. The van der Waals surface area contributed by atoms with Crippen LogP contribution < -0.4 is 5.32 Å². The number of hydrogen-bond acceptors (Lipinski definition) is 3. The van der Waals surface area contributed by atoms with Crippen LogP contribution in [0.15, 0.2) is 17.3 Å². The second kappa shape index (κ2) is 8.77. The van der Waals surface area contributed by atoms with Crippen LogP contribution in [0.5, 0.6) is 0 Å². The van der Waals surface area contributed by atoms with E-state index in [1.165, 1.54) is 25.0 Å². The fourth-order valence-electron chi connectivity index (χ4n) is 0.833. The van der Waals surface area contributed by atoms with Crippen LogP contribution in [-0.2, 0) is 9.59 Å². The number of amides is 2. The van der Waals surface area contributed by atoms with E-state index in [9.17, 15) is 9.59 Å². The highest BCUT2D eigenvalue weighted by molar-refractivity contribution is 6.12. The van der Waals surface area contributed by atoms with Gasteiger partial charge in [-0.3, -0.25) is 14.9 Å². The maximum absolute atomic E-state index is 10.0. The number of imide groups is 1. The molecule has 15 heavy (non-hydrogen) atoms. The third kappa shape index (κ3) is 8.52. The van der Waals surface area contributed by atoms with E-state index in [0.717, 1.165) is 6.42 Å². The van der Waals surface area contributed by atoms with Gasteiger partial charge in [0, 0.05) is 23.6 Å². The lowest BCUT2D eigenvalue weighted by Crippen LogP contribution is -2.19. The minimum atomic E-state index is -0.329. The minimum absolute atomic E-state index is 0.329. The average molecular weight is 210 g/mol. The molecule has 0 aliphatic carbocycles. The Morgan fingerprint density at radius 1 is 1.33 bits per heavy atom. The van der Waals surface area contributed by atoms with E-state index in [4.69, 9.17) is 5.53 Å². The highest BCUT2D eigenvalue weighted by Gasteiger charge is 2.06. The lowest BCUT2D eigenvalue weighted by atomic mass is 10.3. The van der Waals surface area contributed by atoms with Crippen molar-refractivity contribution in [2.45, 2.75) is 26.2 Å². The Balaban J connectivity index is 0.000000262. The van der Waals surface area contributed by atoms with Crippen LogP contribution in [0.4, 0.5) is 0 Å². The van der Waals surface area contributed by atoms with Crippen molar-refractivity contribution in [1.29, 1.82) is 0 Å². The van der Waals surface area contributed by atoms with Crippen molar-refractivity contribution < 1.29 is 9.59 Å². The van der Waals surface area contributed by atoms with Crippen LogP contribution in [0.25, 0.3) is 10.4 Å². The van der Waals surface area contributed by atoms with Gasteiger partial charge < -0.3 is 0 Å². The molecule has 0 spiro atoms. The molecule has 1 rings (SSSR count). The number of hydrogen-bond donors (Lipinski definition) is 1. The molecule has 0 unspecified atom stereocenters. The molecule has 0 aromatic rings. The first-order valence-corrected chi connectivity index (χ1v) is 4.74. The van der Waals surface area contributed by atoms with Gasteiger partial charge >= 0.3 is 0 Å². The third-order valence-electron chi connectivity index (χ3n) is 1.56. The van der Waals surface area contributed by atoms with Crippen molar-refractivity contribution >= 4 is 11.8 Å². The van der Waals surface area contributed by atoms with Gasteiger partial charge in [-0.25, -0.2) is 0 Å². The fourth-order valence-corrected chi connectivity index (χ4v) is 0.833. The molecular weight excluding hydrogens is 196 g/mol. The number of nitrogens with zero attached hydrogens (tertiary/aromatic N) is 3. The van der Waals surface area contributed by atoms with E-state index in [1.54, 1.807) is 0 Å². The number of carbonyl (C=O) groups excluding carboxylic acids is 2. The topological polar surface area (TPSA) is 94.9 Å². The van der Waals surface area contributed by atoms with Gasteiger partial charge in [-0.15, -0.1) is 0 Å². The summed E-state index contributed by atoms with van der Waals surface area (Å²) in [7, 11) is 0. The van der Waals surface area contributed by atoms with Crippen molar-refractivity contribution in [3.8, 4) is 0 Å². The predicted molar refractivity (Wildman–Crippen MR) is 55.8 cm³/mol. The molecule has 6 heteroatoms. The maximum atomic E-state index is 10.0. The van der Waals surface area contributed by atoms with E-state index >= 15 is 0 Å². The first-order chi connectivity index (χ1) is 7.20. The highest BCUT2D eigenvalue weighted by atomic mass is 16.2. The lowest BCUT2D eigenvalue weighted by Gasteiger charge is -1.86. The van der Waals surface area contributed by atoms with Crippen LogP contribution in [0.3, 0.4) is 0 Å². The molecular formula is C9H14N4O2. The standard InChI is InChI=1S/C5H11N3.C4H3NO2/c1-2-3-4-5-7-8-6;6-3-1-2-4(7)5-3/h2-5H2,1H3;1-2H,(H,5,6,7). The Bertz CT molecular complexity index is 276. The number of rotatable bonds is 4. The van der Waals surface area contributed by atoms with Gasteiger partial charge in [0.25, 0.3) is 11.8 Å². The third-order valence-corrected chi connectivity index (χ3v) is 1.56. The van der Waals surface area contributed by atoms with Crippen LogP contribution in [0, 0.1) is 0 Å². The second-order valence-electron chi connectivity index (χ2n) is 2.85. The van der Waals surface area contributed by atoms with E-state index in [2.05, 4.69) is 16.9 Å². The van der Waals surface area contributed by atoms with E-state index in [1.807, 2.05) is 5.32 Å². The van der Waals surface area contributed by atoms with Crippen molar-refractivity contribution in [2.75, 3.05) is 6.54 Å². The number of carbonyl (C=O) groups is 2. The van der Waals surface area contributed by atoms with Gasteiger partial charge in [0.2, 0.25) is 0 Å². The van der Waals surface area contributed by atoms with Crippen molar-refractivity contribution in [1.82, 2.24) is 5.32 Å². The van der Waals surface area contributed by atoms with Crippen molar-refractivity contribution in [3.63, 3.8) is 0 Å². The molecule has 2 amide bonds. The van der Waals surface area contributed by atoms with Crippen LogP contribution >= 0.6 is 0 Å². The summed E-state index contributed by atoms with van der Waals surface area (Å²) in [6, 6.07) is 0. The summed E-state index contributed by atoms with van der Waals surface area (Å²) in [5.41, 5.74) is 7.82. The minimum Gasteiger partial charge on any atom is -0.289 e. The zero-order chi connectivity index (χ0) is 11.5. The van der Waals surface area contributed by atoms with Gasteiger partial charge in [0.1, 0.15) is 0 Å². The van der Waals surface area contributed by atoms with E-state index in [-0.39, 0.29) is 11.8 Å². The Hall–Kier alpha value is -1.81. The first-order valence-electron chi connectivity index (χ1n) is 4.74. The molecule has 0 aromatic heterocycles. The van der Waals surface area contributed by atoms with Gasteiger partial charge in [-0.05, 0) is 12.0 Å². The Morgan fingerprint density at radius 3 is 2.27 bits per heavy atom. The predicted octanol–water partition coefficient (Wildman–Crippen LogP) is 1.69. The molecule has 82 valence electrons. The SMILES string of the molecule is CCCCCN=[N+]=[N-].O=C1C=CC(=O)N1. The maximum Gasteiger partial charge on any atom is 0.250 e. The summed E-state index contributed by atoms with van der Waals surface area (Å²) in [5, 5.41) is 5.42. The molecule has 0 bridgehead atoms. The quantitative estimate of drug-likeness (QED) is 0.251. The normalized spacial score (nSPS) is 12.6. The first kappa shape index (κ1) is 13.2. The lowest BCUT2D eigenvalue weighted by molar-refractivity contribution is -0.123. The number of nitrogens with one attached hydrogen (secondary N) is 1. The molecule has 1 aliphatic rings. The summed E-state index contributed by atoms with van der Waals surface area (Å²) >= 11 is 0. The Kier molecular flexibility index (Phi) is 7.71. The summed E-state index contributed by atoms with van der Waals surface area (Å²) in [6.45, 7) is 2.78. The van der Waals surface area contributed by atoms with Gasteiger partial charge in [0.05, 0.1) is 0 Å². The summed E-state index contributed by atoms with van der Waals surface area (Å²) in [4.78, 5) is 22.7. The molecule has 0 radical (unpaired) electrons. The molecule has 0 fully saturated rings. The molecule has 0 saturated heterocycles. The smallest absolute Gasteiger partial charge is 0.250 e. The molecule has 1 heterocycles.